The number of hydrogen-bond donors (Lipinski definition) is 0. The van der Waals surface area contributed by atoms with E-state index in [9.17, 15) is 17.6 Å². The zero-order valence-corrected chi connectivity index (χ0v) is 17.6. The number of para-hydroxylation sites is 1. The van der Waals surface area contributed by atoms with Gasteiger partial charge in [0.05, 0.1) is 11.5 Å². The van der Waals surface area contributed by atoms with Crippen LogP contribution < -0.4 is 0 Å². The number of hydrogen-bond acceptors (Lipinski definition) is 5. The molecular weight excluding hydrogens is 407 g/mol. The predicted octanol–water partition coefficient (Wildman–Crippen LogP) is 1.45. The highest BCUT2D eigenvalue weighted by atomic mass is 32.2. The number of carbonyl (C=O) groups is 1. The lowest BCUT2D eigenvalue weighted by Gasteiger charge is -2.37. The topological polar surface area (TPSA) is 75.5 Å². The summed E-state index contributed by atoms with van der Waals surface area (Å²) in [7, 11) is -2.92. The van der Waals surface area contributed by atoms with E-state index < -0.39 is 9.84 Å². The van der Waals surface area contributed by atoms with Gasteiger partial charge in [-0.25, -0.2) is 17.5 Å². The number of fused-ring (bicyclic) bond motifs is 1. The van der Waals surface area contributed by atoms with Gasteiger partial charge in [-0.2, -0.15) is 5.10 Å². The lowest BCUT2D eigenvalue weighted by Crippen LogP contribution is -2.52. The third kappa shape index (κ3) is 3.43. The van der Waals surface area contributed by atoms with E-state index in [1.807, 2.05) is 0 Å². The van der Waals surface area contributed by atoms with Crippen LogP contribution in [0, 0.1) is 5.82 Å². The summed E-state index contributed by atoms with van der Waals surface area (Å²) in [5, 5.41) is 4.55. The van der Waals surface area contributed by atoms with Gasteiger partial charge in [0.25, 0.3) is 5.91 Å². The molecule has 1 amide bonds. The quantitative estimate of drug-likeness (QED) is 0.734. The number of rotatable bonds is 3. The van der Waals surface area contributed by atoms with Gasteiger partial charge < -0.3 is 4.90 Å². The van der Waals surface area contributed by atoms with Crippen LogP contribution in [0.1, 0.15) is 34.6 Å². The Morgan fingerprint density at radius 1 is 1.10 bits per heavy atom. The second kappa shape index (κ2) is 7.46. The summed E-state index contributed by atoms with van der Waals surface area (Å²) in [5.41, 5.74) is 2.68. The van der Waals surface area contributed by atoms with Gasteiger partial charge in [-0.3, -0.25) is 9.69 Å². The molecule has 1 aromatic heterocycles. The Bertz CT molecular complexity index is 1090. The fraction of sp³-hybridized carbons (Fsp3) is 0.524. The van der Waals surface area contributed by atoms with E-state index in [1.165, 1.54) is 6.07 Å². The van der Waals surface area contributed by atoms with Gasteiger partial charge in [0, 0.05) is 43.5 Å². The number of sulfone groups is 1. The molecule has 0 bridgehead atoms. The molecule has 30 heavy (non-hydrogen) atoms. The summed E-state index contributed by atoms with van der Waals surface area (Å²) < 4.78 is 39.5. The predicted molar refractivity (Wildman–Crippen MR) is 110 cm³/mol. The SMILES string of the molecule is O=C(c1nn(-c2ccccc2F)c2c1CCC2)N1CCN(C2CCS(=O)(=O)C2)CC1. The van der Waals surface area contributed by atoms with E-state index in [4.69, 9.17) is 0 Å². The second-order valence-corrected chi connectivity index (χ2v) is 10.6. The van der Waals surface area contributed by atoms with Gasteiger partial charge in [-0.15, -0.1) is 0 Å². The summed E-state index contributed by atoms with van der Waals surface area (Å²) >= 11 is 0. The van der Waals surface area contributed by atoms with Crippen LogP contribution in [0.15, 0.2) is 24.3 Å². The molecule has 0 spiro atoms. The first-order chi connectivity index (χ1) is 14.4. The van der Waals surface area contributed by atoms with Crippen molar-refractivity contribution < 1.29 is 17.6 Å². The molecule has 2 saturated heterocycles. The van der Waals surface area contributed by atoms with Crippen molar-refractivity contribution in [2.45, 2.75) is 31.7 Å². The molecule has 3 aliphatic rings. The van der Waals surface area contributed by atoms with E-state index >= 15 is 0 Å². The van der Waals surface area contributed by atoms with Crippen molar-refractivity contribution in [3.8, 4) is 5.69 Å². The number of halogens is 1. The number of piperazine rings is 1. The molecule has 2 fully saturated rings. The van der Waals surface area contributed by atoms with Gasteiger partial charge in [-0.1, -0.05) is 12.1 Å². The molecule has 160 valence electrons. The third-order valence-corrected chi connectivity index (χ3v) is 8.29. The minimum absolute atomic E-state index is 0.0664. The van der Waals surface area contributed by atoms with Crippen LogP contribution in [-0.2, 0) is 22.7 Å². The maximum absolute atomic E-state index is 14.3. The summed E-state index contributed by atoms with van der Waals surface area (Å²) in [5.74, 6) is 0.0218. The summed E-state index contributed by atoms with van der Waals surface area (Å²) in [6.45, 7) is 2.44. The van der Waals surface area contributed by atoms with E-state index in [0.29, 0.717) is 44.0 Å². The average molecular weight is 433 g/mol. The normalized spacial score (nSPS) is 23.6. The van der Waals surface area contributed by atoms with Crippen molar-refractivity contribution >= 4 is 15.7 Å². The Morgan fingerprint density at radius 2 is 1.87 bits per heavy atom. The van der Waals surface area contributed by atoms with Crippen LogP contribution >= 0.6 is 0 Å². The molecule has 1 aliphatic carbocycles. The van der Waals surface area contributed by atoms with Gasteiger partial charge in [0.15, 0.2) is 15.5 Å². The van der Waals surface area contributed by atoms with Crippen molar-refractivity contribution in [3.05, 3.63) is 47.0 Å². The van der Waals surface area contributed by atoms with Gasteiger partial charge in [0.1, 0.15) is 11.5 Å². The van der Waals surface area contributed by atoms with Crippen LogP contribution in [0.25, 0.3) is 5.69 Å². The molecule has 2 aliphatic heterocycles. The zero-order valence-electron chi connectivity index (χ0n) is 16.8. The Labute approximate surface area is 175 Å². The maximum atomic E-state index is 14.3. The van der Waals surface area contributed by atoms with Crippen molar-refractivity contribution in [1.29, 1.82) is 0 Å². The maximum Gasteiger partial charge on any atom is 0.274 e. The lowest BCUT2D eigenvalue weighted by atomic mass is 10.1. The number of benzene rings is 1. The summed E-state index contributed by atoms with van der Waals surface area (Å²) in [6.07, 6.45) is 3.18. The summed E-state index contributed by atoms with van der Waals surface area (Å²) in [6, 6.07) is 6.57. The minimum atomic E-state index is -2.92. The lowest BCUT2D eigenvalue weighted by molar-refractivity contribution is 0.0581. The number of amides is 1. The van der Waals surface area contributed by atoms with Crippen molar-refractivity contribution in [1.82, 2.24) is 19.6 Å². The van der Waals surface area contributed by atoms with E-state index in [-0.39, 0.29) is 29.3 Å². The first-order valence-corrected chi connectivity index (χ1v) is 12.3. The Morgan fingerprint density at radius 3 is 2.57 bits per heavy atom. The number of carbonyl (C=O) groups excluding carboxylic acids is 1. The molecule has 0 radical (unpaired) electrons. The highest BCUT2D eigenvalue weighted by Crippen LogP contribution is 2.30. The smallest absolute Gasteiger partial charge is 0.274 e. The second-order valence-electron chi connectivity index (χ2n) is 8.38. The first-order valence-electron chi connectivity index (χ1n) is 10.5. The largest absolute Gasteiger partial charge is 0.335 e. The fourth-order valence-electron chi connectivity index (χ4n) is 4.94. The van der Waals surface area contributed by atoms with Crippen molar-refractivity contribution in [3.63, 3.8) is 0 Å². The minimum Gasteiger partial charge on any atom is -0.335 e. The highest BCUT2D eigenvalue weighted by molar-refractivity contribution is 7.91. The third-order valence-electron chi connectivity index (χ3n) is 6.54. The molecule has 1 aromatic carbocycles. The Balaban J connectivity index is 1.34. The summed E-state index contributed by atoms with van der Waals surface area (Å²) in [4.78, 5) is 17.3. The number of nitrogens with zero attached hydrogens (tertiary/aromatic N) is 4. The molecule has 1 atom stereocenters. The van der Waals surface area contributed by atoms with Gasteiger partial charge >= 0.3 is 0 Å². The molecule has 7 nitrogen and oxygen atoms in total. The van der Waals surface area contributed by atoms with Crippen LogP contribution in [0.5, 0.6) is 0 Å². The van der Waals surface area contributed by atoms with Crippen LogP contribution in [0.4, 0.5) is 4.39 Å². The average Bonchev–Trinajstić information content (AvgIpc) is 3.43. The van der Waals surface area contributed by atoms with Crippen LogP contribution in [0.2, 0.25) is 0 Å². The molecule has 0 N–H and O–H groups in total. The molecule has 1 unspecified atom stereocenters. The molecule has 5 rings (SSSR count). The first kappa shape index (κ1) is 19.7. The van der Waals surface area contributed by atoms with Crippen molar-refractivity contribution in [2.75, 3.05) is 37.7 Å². The van der Waals surface area contributed by atoms with Crippen LogP contribution in [0.3, 0.4) is 0 Å². The highest BCUT2D eigenvalue weighted by Gasteiger charge is 2.36. The molecule has 3 heterocycles. The fourth-order valence-corrected chi connectivity index (χ4v) is 6.70. The monoisotopic (exact) mass is 432 g/mol. The molecule has 9 heteroatoms. The Hall–Kier alpha value is -2.26. The Kier molecular flexibility index (Phi) is 4.89. The van der Waals surface area contributed by atoms with E-state index in [2.05, 4.69) is 10.00 Å². The molecule has 0 saturated carbocycles. The zero-order chi connectivity index (χ0) is 20.9. The molecule has 2 aromatic rings. The van der Waals surface area contributed by atoms with Crippen molar-refractivity contribution in [2.24, 2.45) is 0 Å². The van der Waals surface area contributed by atoms with E-state index in [0.717, 1.165) is 30.5 Å². The van der Waals surface area contributed by atoms with Gasteiger partial charge in [0.2, 0.25) is 0 Å². The van der Waals surface area contributed by atoms with Gasteiger partial charge in [-0.05, 0) is 37.8 Å². The van der Waals surface area contributed by atoms with E-state index in [1.54, 1.807) is 27.8 Å². The molecular formula is C21H25FN4O3S. The standard InChI is InChI=1S/C21H25FN4O3S/c22-17-5-1-2-6-19(17)26-18-7-3-4-16(18)20(23-26)21(27)25-11-9-24(10-12-25)15-8-13-30(28,29)14-15/h1-2,5-6,15H,3-4,7-14H2. The van der Waals surface area contributed by atoms with Crippen LogP contribution in [-0.4, -0.2) is 77.6 Å². The number of aromatic nitrogens is 2.